The number of benzene rings is 2. The maximum atomic E-state index is 12.4. The second-order valence-electron chi connectivity index (χ2n) is 7.04. The fourth-order valence-electron chi connectivity index (χ4n) is 3.34. The zero-order valence-electron chi connectivity index (χ0n) is 15.8. The minimum Gasteiger partial charge on any atom is -0.481 e. The number of nitrogens with one attached hydrogen (secondary N) is 1. The van der Waals surface area contributed by atoms with Crippen LogP contribution in [0.5, 0.6) is 5.75 Å². The smallest absolute Gasteiger partial charge is 0.261 e. The summed E-state index contributed by atoms with van der Waals surface area (Å²) >= 11 is 5.87. The van der Waals surface area contributed by atoms with Gasteiger partial charge in [-0.25, -0.2) is 0 Å². The predicted molar refractivity (Wildman–Crippen MR) is 109 cm³/mol. The first-order chi connectivity index (χ1) is 13.1. The van der Waals surface area contributed by atoms with Gasteiger partial charge >= 0.3 is 0 Å². The van der Waals surface area contributed by atoms with E-state index in [1.807, 2.05) is 6.07 Å². The number of amides is 1. The van der Waals surface area contributed by atoms with Crippen molar-refractivity contribution in [3.8, 4) is 5.75 Å². The molecule has 2 aromatic rings. The topological polar surface area (TPSA) is 41.6 Å². The van der Waals surface area contributed by atoms with Gasteiger partial charge in [0.25, 0.3) is 5.91 Å². The third-order valence-electron chi connectivity index (χ3n) is 4.91. The lowest BCUT2D eigenvalue weighted by Gasteiger charge is -2.27. The molecular formula is C22H27ClN2O2. The molecule has 0 bridgehead atoms. The van der Waals surface area contributed by atoms with Crippen molar-refractivity contribution in [2.24, 2.45) is 0 Å². The molecule has 1 aliphatic heterocycles. The van der Waals surface area contributed by atoms with Crippen LogP contribution in [0.1, 0.15) is 37.3 Å². The van der Waals surface area contributed by atoms with Gasteiger partial charge in [-0.05, 0) is 68.2 Å². The number of carbonyl (C=O) groups is 1. The molecule has 1 amide bonds. The summed E-state index contributed by atoms with van der Waals surface area (Å²) in [7, 11) is 0. The molecule has 1 aliphatic rings. The molecule has 1 N–H and O–H groups in total. The van der Waals surface area contributed by atoms with E-state index in [2.05, 4.69) is 28.4 Å². The second kappa shape index (κ2) is 9.77. The van der Waals surface area contributed by atoms with Gasteiger partial charge in [0.05, 0.1) is 0 Å². The largest absolute Gasteiger partial charge is 0.481 e. The van der Waals surface area contributed by atoms with Crippen LogP contribution in [0, 0.1) is 0 Å². The third kappa shape index (κ3) is 5.98. The van der Waals surface area contributed by atoms with Gasteiger partial charge in [-0.1, -0.05) is 42.3 Å². The number of hydrogen-bond acceptors (Lipinski definition) is 3. The standard InChI is InChI=1S/C22H27ClN2O2/c1-17(27-21-11-9-20(23)10-12-21)22(26)24-15-18-7-3-4-8-19(18)16-25-13-5-2-6-14-25/h3-4,7-12,17H,2,5-6,13-16H2,1H3,(H,24,26). The molecule has 1 atom stereocenters. The number of likely N-dealkylation sites (tertiary alicyclic amines) is 1. The number of piperidine rings is 1. The summed E-state index contributed by atoms with van der Waals surface area (Å²) in [4.78, 5) is 14.9. The van der Waals surface area contributed by atoms with Crippen molar-refractivity contribution in [1.82, 2.24) is 10.2 Å². The van der Waals surface area contributed by atoms with E-state index in [0.29, 0.717) is 17.3 Å². The molecule has 1 saturated heterocycles. The van der Waals surface area contributed by atoms with Gasteiger partial charge in [0.15, 0.2) is 6.10 Å². The lowest BCUT2D eigenvalue weighted by atomic mass is 10.0. The van der Waals surface area contributed by atoms with Crippen LogP contribution in [0.4, 0.5) is 0 Å². The molecule has 144 valence electrons. The van der Waals surface area contributed by atoms with Crippen molar-refractivity contribution in [1.29, 1.82) is 0 Å². The summed E-state index contributed by atoms with van der Waals surface area (Å²) in [5.41, 5.74) is 2.45. The van der Waals surface area contributed by atoms with E-state index in [4.69, 9.17) is 16.3 Å². The average molecular weight is 387 g/mol. The van der Waals surface area contributed by atoms with Crippen molar-refractivity contribution >= 4 is 17.5 Å². The first kappa shape index (κ1) is 19.7. The molecule has 0 spiro atoms. The molecule has 0 aromatic heterocycles. The number of halogens is 1. The van der Waals surface area contributed by atoms with E-state index in [9.17, 15) is 4.79 Å². The monoisotopic (exact) mass is 386 g/mol. The fourth-order valence-corrected chi connectivity index (χ4v) is 3.47. The first-order valence-electron chi connectivity index (χ1n) is 9.61. The maximum Gasteiger partial charge on any atom is 0.261 e. The molecule has 3 rings (SSSR count). The van der Waals surface area contributed by atoms with Crippen LogP contribution in [-0.4, -0.2) is 30.0 Å². The fraction of sp³-hybridized carbons (Fsp3) is 0.409. The zero-order valence-corrected chi connectivity index (χ0v) is 16.5. The predicted octanol–water partition coefficient (Wildman–Crippen LogP) is 4.41. The summed E-state index contributed by atoms with van der Waals surface area (Å²) in [5.74, 6) is 0.505. The van der Waals surface area contributed by atoms with Crippen molar-refractivity contribution in [2.45, 2.75) is 45.4 Å². The van der Waals surface area contributed by atoms with Crippen LogP contribution in [0.2, 0.25) is 5.02 Å². The maximum absolute atomic E-state index is 12.4. The molecule has 5 heteroatoms. The first-order valence-corrected chi connectivity index (χ1v) is 9.98. The van der Waals surface area contributed by atoms with Gasteiger partial charge < -0.3 is 10.1 Å². The van der Waals surface area contributed by atoms with E-state index < -0.39 is 6.10 Å². The van der Waals surface area contributed by atoms with Crippen molar-refractivity contribution in [2.75, 3.05) is 13.1 Å². The highest BCUT2D eigenvalue weighted by Gasteiger charge is 2.16. The van der Waals surface area contributed by atoms with Gasteiger partial charge in [0, 0.05) is 18.1 Å². The molecule has 0 aliphatic carbocycles. The molecule has 2 aromatic carbocycles. The summed E-state index contributed by atoms with van der Waals surface area (Å²) in [6.45, 7) is 5.53. The quantitative estimate of drug-likeness (QED) is 0.766. The summed E-state index contributed by atoms with van der Waals surface area (Å²) in [5, 5.41) is 3.64. The highest BCUT2D eigenvalue weighted by Crippen LogP contribution is 2.18. The van der Waals surface area contributed by atoms with Crippen LogP contribution in [0.15, 0.2) is 48.5 Å². The zero-order chi connectivity index (χ0) is 19.1. The lowest BCUT2D eigenvalue weighted by Crippen LogP contribution is -2.36. The van der Waals surface area contributed by atoms with Gasteiger partial charge in [-0.3, -0.25) is 9.69 Å². The molecule has 1 fully saturated rings. The molecule has 0 saturated carbocycles. The number of ether oxygens (including phenoxy) is 1. The normalized spacial score (nSPS) is 15.9. The third-order valence-corrected chi connectivity index (χ3v) is 5.16. The van der Waals surface area contributed by atoms with Crippen LogP contribution in [-0.2, 0) is 17.9 Å². The van der Waals surface area contributed by atoms with Crippen LogP contribution in [0.3, 0.4) is 0 Å². The minimum absolute atomic E-state index is 0.127. The molecule has 27 heavy (non-hydrogen) atoms. The Kier molecular flexibility index (Phi) is 7.13. The number of hydrogen-bond donors (Lipinski definition) is 1. The Morgan fingerprint density at radius 2 is 1.74 bits per heavy atom. The van der Waals surface area contributed by atoms with E-state index in [0.717, 1.165) is 25.2 Å². The van der Waals surface area contributed by atoms with Gasteiger partial charge in [-0.2, -0.15) is 0 Å². The Balaban J connectivity index is 1.54. The lowest BCUT2D eigenvalue weighted by molar-refractivity contribution is -0.127. The van der Waals surface area contributed by atoms with E-state index in [-0.39, 0.29) is 5.91 Å². The van der Waals surface area contributed by atoms with Gasteiger partial charge in [0.1, 0.15) is 5.75 Å². The van der Waals surface area contributed by atoms with Gasteiger partial charge in [0.2, 0.25) is 0 Å². The molecule has 1 heterocycles. The highest BCUT2D eigenvalue weighted by atomic mass is 35.5. The van der Waals surface area contributed by atoms with Crippen LogP contribution in [0.25, 0.3) is 0 Å². The number of carbonyl (C=O) groups excluding carboxylic acids is 1. The Hall–Kier alpha value is -2.04. The SMILES string of the molecule is CC(Oc1ccc(Cl)cc1)C(=O)NCc1ccccc1CN1CCCCC1. The van der Waals surface area contributed by atoms with Crippen LogP contribution < -0.4 is 10.1 Å². The van der Waals surface area contributed by atoms with Crippen LogP contribution >= 0.6 is 11.6 Å². The van der Waals surface area contributed by atoms with E-state index in [1.54, 1.807) is 31.2 Å². The highest BCUT2D eigenvalue weighted by molar-refractivity contribution is 6.30. The van der Waals surface area contributed by atoms with Crippen molar-refractivity contribution < 1.29 is 9.53 Å². The summed E-state index contributed by atoms with van der Waals surface area (Å²) < 4.78 is 5.69. The molecule has 0 radical (unpaired) electrons. The second-order valence-corrected chi connectivity index (χ2v) is 7.47. The molecule has 1 unspecified atom stereocenters. The molecular weight excluding hydrogens is 360 g/mol. The summed E-state index contributed by atoms with van der Waals surface area (Å²) in [6, 6.07) is 15.4. The Bertz CT molecular complexity index is 742. The van der Waals surface area contributed by atoms with Gasteiger partial charge in [-0.15, -0.1) is 0 Å². The minimum atomic E-state index is -0.569. The molecule has 4 nitrogen and oxygen atoms in total. The van der Waals surface area contributed by atoms with Crippen molar-refractivity contribution in [3.05, 3.63) is 64.7 Å². The summed E-state index contributed by atoms with van der Waals surface area (Å²) in [6.07, 6.45) is 3.32. The number of nitrogens with zero attached hydrogens (tertiary/aromatic N) is 1. The van der Waals surface area contributed by atoms with E-state index in [1.165, 1.54) is 24.8 Å². The average Bonchev–Trinajstić information content (AvgIpc) is 2.69. The Morgan fingerprint density at radius 1 is 1.07 bits per heavy atom. The Morgan fingerprint density at radius 3 is 2.44 bits per heavy atom. The number of rotatable bonds is 7. The van der Waals surface area contributed by atoms with Crippen molar-refractivity contribution in [3.63, 3.8) is 0 Å². The van der Waals surface area contributed by atoms with E-state index >= 15 is 0 Å². The Labute approximate surface area is 166 Å².